The minimum atomic E-state index is -0.713. The molecule has 2 heterocycles. The summed E-state index contributed by atoms with van der Waals surface area (Å²) in [6, 6.07) is -0.620. The van der Waals surface area contributed by atoms with Crippen LogP contribution in [0.5, 0.6) is 0 Å². The van der Waals surface area contributed by atoms with E-state index in [9.17, 15) is 9.59 Å². The third-order valence-corrected chi connectivity index (χ3v) is 3.80. The molecule has 3 atom stereocenters. The number of nitrogens with zero attached hydrogens (tertiary/aromatic N) is 1. The Morgan fingerprint density at radius 2 is 1.91 bits per heavy atom. The van der Waals surface area contributed by atoms with E-state index in [1.807, 2.05) is 41.5 Å². The third-order valence-electron chi connectivity index (χ3n) is 3.80. The van der Waals surface area contributed by atoms with Crippen LogP contribution in [0.3, 0.4) is 0 Å². The van der Waals surface area contributed by atoms with Crippen molar-refractivity contribution in [2.24, 2.45) is 0 Å². The molecule has 0 unspecified atom stereocenters. The van der Waals surface area contributed by atoms with Crippen LogP contribution in [0, 0.1) is 0 Å². The molecule has 2 aliphatic heterocycles. The number of ether oxygens (including phenoxy) is 2. The van der Waals surface area contributed by atoms with E-state index in [2.05, 4.69) is 5.32 Å². The highest BCUT2D eigenvalue weighted by Gasteiger charge is 2.56. The zero-order valence-corrected chi connectivity index (χ0v) is 14.4. The van der Waals surface area contributed by atoms with Gasteiger partial charge in [-0.1, -0.05) is 6.92 Å². The quantitative estimate of drug-likeness (QED) is 0.856. The summed E-state index contributed by atoms with van der Waals surface area (Å²) in [5, 5.41) is 2.96. The Hall–Kier alpha value is -1.14. The Labute approximate surface area is 132 Å². The molecule has 2 rings (SSSR count). The van der Waals surface area contributed by atoms with Crippen molar-refractivity contribution in [2.45, 2.75) is 84.0 Å². The molecule has 0 spiro atoms. The maximum absolute atomic E-state index is 12.7. The summed E-state index contributed by atoms with van der Waals surface area (Å²) in [6.45, 7) is 11.8. The van der Waals surface area contributed by atoms with Gasteiger partial charge in [0.05, 0.1) is 6.54 Å². The number of carbonyl (C=O) groups excluding carboxylic acids is 2. The molecule has 6 heteroatoms. The van der Waals surface area contributed by atoms with Crippen LogP contribution in [0.15, 0.2) is 0 Å². The van der Waals surface area contributed by atoms with E-state index in [1.54, 1.807) is 4.90 Å². The molecule has 126 valence electrons. The standard InChI is InChI=1S/C16H28N2O4/c1-7-8-11(19)18-9-10-13(22-16(5,6)21-10)12(18)14(20)17-15(2,3)4/h10,12-13H,7-9H2,1-6H3,(H,17,20)/t10-,12-,13-/m0/s1. The first kappa shape index (κ1) is 17.2. The second-order valence-corrected chi connectivity index (χ2v) is 7.62. The van der Waals surface area contributed by atoms with Crippen LogP contribution >= 0.6 is 0 Å². The highest BCUT2D eigenvalue weighted by molar-refractivity contribution is 5.89. The largest absolute Gasteiger partial charge is 0.350 e. The predicted molar refractivity (Wildman–Crippen MR) is 82.1 cm³/mol. The normalized spacial score (nSPS) is 30.3. The Bertz CT molecular complexity index is 456. The van der Waals surface area contributed by atoms with Crippen molar-refractivity contribution in [3.05, 3.63) is 0 Å². The molecule has 2 amide bonds. The predicted octanol–water partition coefficient (Wildman–Crippen LogP) is 1.43. The van der Waals surface area contributed by atoms with Crippen LogP contribution in [0.4, 0.5) is 0 Å². The fourth-order valence-electron chi connectivity index (χ4n) is 3.11. The van der Waals surface area contributed by atoms with Crippen molar-refractivity contribution in [2.75, 3.05) is 6.54 Å². The lowest BCUT2D eigenvalue weighted by atomic mass is 10.1. The van der Waals surface area contributed by atoms with Crippen molar-refractivity contribution in [1.29, 1.82) is 0 Å². The minimum Gasteiger partial charge on any atom is -0.350 e. The Balaban J connectivity index is 2.21. The lowest BCUT2D eigenvalue weighted by Crippen LogP contribution is -2.55. The van der Waals surface area contributed by atoms with E-state index in [1.165, 1.54) is 0 Å². The minimum absolute atomic E-state index is 0.0176. The van der Waals surface area contributed by atoms with Crippen LogP contribution in [0.25, 0.3) is 0 Å². The number of rotatable bonds is 3. The third kappa shape index (κ3) is 3.60. The van der Waals surface area contributed by atoms with Crippen molar-refractivity contribution in [1.82, 2.24) is 10.2 Å². The van der Waals surface area contributed by atoms with E-state index >= 15 is 0 Å². The van der Waals surface area contributed by atoms with E-state index in [0.29, 0.717) is 13.0 Å². The molecular formula is C16H28N2O4. The highest BCUT2D eigenvalue weighted by atomic mass is 16.8. The summed E-state index contributed by atoms with van der Waals surface area (Å²) in [5.74, 6) is -0.906. The van der Waals surface area contributed by atoms with E-state index in [-0.39, 0.29) is 23.5 Å². The number of amides is 2. The van der Waals surface area contributed by atoms with Gasteiger partial charge in [0.1, 0.15) is 18.2 Å². The van der Waals surface area contributed by atoms with Gasteiger partial charge in [0.25, 0.3) is 0 Å². The monoisotopic (exact) mass is 312 g/mol. The molecule has 0 radical (unpaired) electrons. The molecule has 0 bridgehead atoms. The van der Waals surface area contributed by atoms with Crippen LogP contribution in [0.2, 0.25) is 0 Å². The van der Waals surface area contributed by atoms with Crippen molar-refractivity contribution < 1.29 is 19.1 Å². The fraction of sp³-hybridized carbons (Fsp3) is 0.875. The zero-order valence-electron chi connectivity index (χ0n) is 14.4. The first-order chi connectivity index (χ1) is 10.0. The topological polar surface area (TPSA) is 67.9 Å². The van der Waals surface area contributed by atoms with Crippen LogP contribution < -0.4 is 5.32 Å². The van der Waals surface area contributed by atoms with Gasteiger partial charge in [-0.3, -0.25) is 9.59 Å². The Kier molecular flexibility index (Phi) is 4.55. The van der Waals surface area contributed by atoms with Gasteiger partial charge in [0.2, 0.25) is 11.8 Å². The van der Waals surface area contributed by atoms with Crippen molar-refractivity contribution >= 4 is 11.8 Å². The lowest BCUT2D eigenvalue weighted by molar-refractivity contribution is -0.170. The van der Waals surface area contributed by atoms with Crippen LogP contribution in [-0.2, 0) is 19.1 Å². The average Bonchev–Trinajstić information content (AvgIpc) is 2.78. The molecule has 0 aromatic rings. The van der Waals surface area contributed by atoms with E-state index in [4.69, 9.17) is 9.47 Å². The first-order valence-electron chi connectivity index (χ1n) is 8.01. The second-order valence-electron chi connectivity index (χ2n) is 7.62. The van der Waals surface area contributed by atoms with Gasteiger partial charge in [-0.05, 0) is 41.0 Å². The molecular weight excluding hydrogens is 284 g/mol. The van der Waals surface area contributed by atoms with Gasteiger partial charge in [0.15, 0.2) is 5.79 Å². The van der Waals surface area contributed by atoms with Gasteiger partial charge in [-0.15, -0.1) is 0 Å². The molecule has 1 N–H and O–H groups in total. The summed E-state index contributed by atoms with van der Waals surface area (Å²) >= 11 is 0. The van der Waals surface area contributed by atoms with Crippen LogP contribution in [0.1, 0.15) is 54.4 Å². The maximum Gasteiger partial charge on any atom is 0.246 e. The summed E-state index contributed by atoms with van der Waals surface area (Å²) in [6.07, 6.45) is 0.540. The number of hydrogen-bond acceptors (Lipinski definition) is 4. The van der Waals surface area contributed by atoms with Gasteiger partial charge < -0.3 is 19.7 Å². The number of fused-ring (bicyclic) bond motifs is 1. The van der Waals surface area contributed by atoms with Gasteiger partial charge in [-0.2, -0.15) is 0 Å². The molecule has 0 aromatic heterocycles. The molecule has 0 aliphatic carbocycles. The fourth-order valence-corrected chi connectivity index (χ4v) is 3.11. The number of nitrogens with one attached hydrogen (secondary N) is 1. The van der Waals surface area contributed by atoms with Crippen molar-refractivity contribution in [3.8, 4) is 0 Å². The number of hydrogen-bond donors (Lipinski definition) is 1. The molecule has 0 saturated carbocycles. The summed E-state index contributed by atoms with van der Waals surface area (Å²) in [7, 11) is 0. The molecule has 22 heavy (non-hydrogen) atoms. The second kappa shape index (κ2) is 5.81. The molecule has 6 nitrogen and oxygen atoms in total. The van der Waals surface area contributed by atoms with Gasteiger partial charge in [0, 0.05) is 12.0 Å². The summed E-state index contributed by atoms with van der Waals surface area (Å²) in [5.41, 5.74) is -0.358. The van der Waals surface area contributed by atoms with E-state index in [0.717, 1.165) is 6.42 Å². The van der Waals surface area contributed by atoms with Gasteiger partial charge >= 0.3 is 0 Å². The SMILES string of the molecule is CCCC(=O)N1C[C@@H]2OC(C)(C)O[C@@H]2[C@H]1C(=O)NC(C)(C)C. The lowest BCUT2D eigenvalue weighted by Gasteiger charge is -2.31. The zero-order chi connectivity index (χ0) is 16.7. The molecule has 2 aliphatic rings. The average molecular weight is 312 g/mol. The molecule has 2 saturated heterocycles. The first-order valence-corrected chi connectivity index (χ1v) is 8.01. The molecule has 0 aromatic carbocycles. The Morgan fingerprint density at radius 3 is 2.45 bits per heavy atom. The smallest absolute Gasteiger partial charge is 0.246 e. The number of likely N-dealkylation sites (tertiary alicyclic amines) is 1. The summed E-state index contributed by atoms with van der Waals surface area (Å²) < 4.78 is 11.7. The summed E-state index contributed by atoms with van der Waals surface area (Å²) in [4.78, 5) is 26.7. The number of carbonyl (C=O) groups is 2. The highest BCUT2D eigenvalue weighted by Crippen LogP contribution is 2.37. The van der Waals surface area contributed by atoms with Crippen molar-refractivity contribution in [3.63, 3.8) is 0 Å². The Morgan fingerprint density at radius 1 is 1.27 bits per heavy atom. The molecule has 2 fully saturated rings. The van der Waals surface area contributed by atoms with E-state index < -0.39 is 17.9 Å². The van der Waals surface area contributed by atoms with Crippen LogP contribution in [-0.4, -0.2) is 52.8 Å². The van der Waals surface area contributed by atoms with Gasteiger partial charge in [-0.25, -0.2) is 0 Å². The maximum atomic E-state index is 12.7.